The van der Waals surface area contributed by atoms with E-state index in [1.165, 1.54) is 5.56 Å². The van der Waals surface area contributed by atoms with Crippen molar-refractivity contribution in [2.45, 2.75) is 25.4 Å². The summed E-state index contributed by atoms with van der Waals surface area (Å²) in [5.41, 5.74) is 1.35. The van der Waals surface area contributed by atoms with Crippen LogP contribution in [0.4, 0.5) is 0 Å². The summed E-state index contributed by atoms with van der Waals surface area (Å²) < 4.78 is 10.5. The topological polar surface area (TPSA) is 50.7 Å². The molecule has 1 heterocycles. The quantitative estimate of drug-likeness (QED) is 0.733. The lowest BCUT2D eigenvalue weighted by molar-refractivity contribution is 0.0474. The Labute approximate surface area is 114 Å². The van der Waals surface area contributed by atoms with Crippen molar-refractivity contribution in [3.8, 4) is 5.75 Å². The molecule has 1 aromatic carbocycles. The van der Waals surface area contributed by atoms with E-state index >= 15 is 0 Å². The first-order valence-electron chi connectivity index (χ1n) is 6.82. The number of ether oxygens (including phenoxy) is 2. The first kappa shape index (κ1) is 14.3. The summed E-state index contributed by atoms with van der Waals surface area (Å²) in [6.07, 6.45) is 1.61. The van der Waals surface area contributed by atoms with Crippen molar-refractivity contribution in [1.29, 1.82) is 0 Å². The van der Waals surface area contributed by atoms with E-state index < -0.39 is 5.60 Å². The minimum atomic E-state index is -0.808. The van der Waals surface area contributed by atoms with Crippen molar-refractivity contribution in [2.75, 3.05) is 33.4 Å². The van der Waals surface area contributed by atoms with Gasteiger partial charge in [-0.25, -0.2) is 0 Å². The lowest BCUT2D eigenvalue weighted by atomic mass is 9.91. The van der Waals surface area contributed by atoms with Crippen LogP contribution in [0.15, 0.2) is 18.2 Å². The molecule has 0 aromatic heterocycles. The zero-order valence-electron chi connectivity index (χ0n) is 11.7. The van der Waals surface area contributed by atoms with Gasteiger partial charge in [0, 0.05) is 20.1 Å². The molecule has 4 nitrogen and oxygen atoms in total. The van der Waals surface area contributed by atoms with Gasteiger partial charge < -0.3 is 19.9 Å². The van der Waals surface area contributed by atoms with Gasteiger partial charge in [-0.1, -0.05) is 6.07 Å². The number of benzene rings is 1. The second-order valence-corrected chi connectivity index (χ2v) is 5.19. The molecular formula is C15H23NO3. The molecule has 0 saturated heterocycles. The summed E-state index contributed by atoms with van der Waals surface area (Å²) in [5, 5.41) is 13.8. The second-order valence-electron chi connectivity index (χ2n) is 5.19. The van der Waals surface area contributed by atoms with Crippen molar-refractivity contribution in [3.05, 3.63) is 29.3 Å². The number of aliphatic hydroxyl groups is 1. The molecule has 19 heavy (non-hydrogen) atoms. The van der Waals surface area contributed by atoms with Gasteiger partial charge in [-0.05, 0) is 43.1 Å². The highest BCUT2D eigenvalue weighted by atomic mass is 16.5. The third-order valence-electron chi connectivity index (χ3n) is 3.58. The Morgan fingerprint density at radius 3 is 3.05 bits per heavy atom. The van der Waals surface area contributed by atoms with Crippen LogP contribution in [0.25, 0.3) is 0 Å². The van der Waals surface area contributed by atoms with E-state index in [4.69, 9.17) is 9.47 Å². The van der Waals surface area contributed by atoms with Crippen molar-refractivity contribution < 1.29 is 14.6 Å². The molecule has 0 bridgehead atoms. The molecule has 1 aliphatic rings. The first-order valence-corrected chi connectivity index (χ1v) is 6.82. The Balaban J connectivity index is 1.91. The molecular weight excluding hydrogens is 242 g/mol. The van der Waals surface area contributed by atoms with Crippen molar-refractivity contribution in [1.82, 2.24) is 5.32 Å². The second kappa shape index (κ2) is 6.37. The van der Waals surface area contributed by atoms with E-state index in [0.29, 0.717) is 13.0 Å². The highest BCUT2D eigenvalue weighted by Crippen LogP contribution is 2.31. The fourth-order valence-electron chi connectivity index (χ4n) is 2.30. The molecule has 0 aliphatic carbocycles. The minimum absolute atomic E-state index is 0.677. The van der Waals surface area contributed by atoms with Crippen LogP contribution < -0.4 is 10.1 Å². The van der Waals surface area contributed by atoms with Crippen molar-refractivity contribution >= 4 is 0 Å². The Kier molecular flexibility index (Phi) is 4.80. The number of fused-ring (bicyclic) bond motifs is 1. The van der Waals surface area contributed by atoms with E-state index in [-0.39, 0.29) is 0 Å². The van der Waals surface area contributed by atoms with Gasteiger partial charge in [0.2, 0.25) is 0 Å². The van der Waals surface area contributed by atoms with Crippen LogP contribution in [0.3, 0.4) is 0 Å². The predicted octanol–water partition coefficient (Wildman–Crippen LogP) is 1.46. The minimum Gasteiger partial charge on any atom is -0.493 e. The van der Waals surface area contributed by atoms with Crippen molar-refractivity contribution in [3.63, 3.8) is 0 Å². The summed E-state index contributed by atoms with van der Waals surface area (Å²) in [4.78, 5) is 0. The fraction of sp³-hybridized carbons (Fsp3) is 0.600. The SMILES string of the molecule is COCCNCCC(C)(O)c1ccc2c(c1)CCO2. The van der Waals surface area contributed by atoms with E-state index in [1.807, 2.05) is 19.1 Å². The third kappa shape index (κ3) is 3.69. The van der Waals surface area contributed by atoms with Gasteiger partial charge in [0.25, 0.3) is 0 Å². The molecule has 2 rings (SSSR count). The van der Waals surface area contributed by atoms with Gasteiger partial charge in [-0.3, -0.25) is 0 Å². The highest BCUT2D eigenvalue weighted by Gasteiger charge is 2.24. The summed E-state index contributed by atoms with van der Waals surface area (Å²) >= 11 is 0. The number of hydrogen-bond acceptors (Lipinski definition) is 4. The van der Waals surface area contributed by atoms with Crippen LogP contribution in [-0.4, -0.2) is 38.5 Å². The Bertz CT molecular complexity index is 418. The molecule has 1 aromatic rings. The standard InChI is InChI=1S/C15H23NO3/c1-15(17,6-7-16-8-10-18-2)13-3-4-14-12(11-13)5-9-19-14/h3-4,11,16-17H,5-10H2,1-2H3. The maximum atomic E-state index is 10.6. The number of nitrogens with one attached hydrogen (secondary N) is 1. The maximum absolute atomic E-state index is 10.6. The first-order chi connectivity index (χ1) is 9.13. The van der Waals surface area contributed by atoms with Gasteiger partial charge in [-0.15, -0.1) is 0 Å². The Hall–Kier alpha value is -1.10. The van der Waals surface area contributed by atoms with Gasteiger partial charge in [-0.2, -0.15) is 0 Å². The zero-order chi connectivity index (χ0) is 13.7. The molecule has 0 saturated carbocycles. The molecule has 106 valence electrons. The molecule has 0 spiro atoms. The van der Waals surface area contributed by atoms with Crippen LogP contribution in [0.1, 0.15) is 24.5 Å². The average molecular weight is 265 g/mol. The molecule has 1 aliphatic heterocycles. The van der Waals surface area contributed by atoms with Gasteiger partial charge in [0.05, 0.1) is 18.8 Å². The number of hydrogen-bond donors (Lipinski definition) is 2. The lowest BCUT2D eigenvalue weighted by Gasteiger charge is -2.24. The van der Waals surface area contributed by atoms with Crippen LogP contribution >= 0.6 is 0 Å². The van der Waals surface area contributed by atoms with Crippen LogP contribution in [0.2, 0.25) is 0 Å². The summed E-state index contributed by atoms with van der Waals surface area (Å²) in [7, 11) is 1.68. The molecule has 4 heteroatoms. The molecule has 2 N–H and O–H groups in total. The summed E-state index contributed by atoms with van der Waals surface area (Å²) in [6, 6.07) is 5.99. The largest absolute Gasteiger partial charge is 0.493 e. The van der Waals surface area contributed by atoms with E-state index in [0.717, 1.165) is 37.4 Å². The summed E-state index contributed by atoms with van der Waals surface area (Å²) in [6.45, 7) is 4.88. The van der Waals surface area contributed by atoms with Gasteiger partial charge in [0.1, 0.15) is 5.75 Å². The molecule has 0 radical (unpaired) electrons. The summed E-state index contributed by atoms with van der Waals surface area (Å²) in [5.74, 6) is 0.956. The Morgan fingerprint density at radius 2 is 2.26 bits per heavy atom. The van der Waals surface area contributed by atoms with Crippen molar-refractivity contribution in [2.24, 2.45) is 0 Å². The zero-order valence-corrected chi connectivity index (χ0v) is 11.7. The smallest absolute Gasteiger partial charge is 0.122 e. The van der Waals surface area contributed by atoms with E-state index in [9.17, 15) is 5.11 Å². The van der Waals surface area contributed by atoms with Crippen LogP contribution in [0.5, 0.6) is 5.75 Å². The Morgan fingerprint density at radius 1 is 1.42 bits per heavy atom. The molecule has 0 fully saturated rings. The van der Waals surface area contributed by atoms with Crippen LogP contribution in [0, 0.1) is 0 Å². The number of methoxy groups -OCH3 is 1. The monoisotopic (exact) mass is 265 g/mol. The highest BCUT2D eigenvalue weighted by molar-refractivity contribution is 5.41. The van der Waals surface area contributed by atoms with E-state index in [2.05, 4.69) is 11.4 Å². The van der Waals surface area contributed by atoms with E-state index in [1.54, 1.807) is 7.11 Å². The van der Waals surface area contributed by atoms with Gasteiger partial charge >= 0.3 is 0 Å². The normalized spacial score (nSPS) is 16.8. The lowest BCUT2D eigenvalue weighted by Crippen LogP contribution is -2.29. The van der Waals surface area contributed by atoms with Crippen LogP contribution in [-0.2, 0) is 16.8 Å². The van der Waals surface area contributed by atoms with Gasteiger partial charge in [0.15, 0.2) is 0 Å². The molecule has 1 unspecified atom stereocenters. The maximum Gasteiger partial charge on any atom is 0.122 e. The molecule has 0 amide bonds. The third-order valence-corrected chi connectivity index (χ3v) is 3.58. The fourth-order valence-corrected chi connectivity index (χ4v) is 2.30. The average Bonchev–Trinajstić information content (AvgIpc) is 2.85. The predicted molar refractivity (Wildman–Crippen MR) is 74.6 cm³/mol. The molecule has 1 atom stereocenters. The number of rotatable bonds is 7.